The number of nitrogens with one attached hydrogen (secondary N) is 1. The molecule has 3 aromatic rings. The van der Waals surface area contributed by atoms with Gasteiger partial charge in [0, 0.05) is 53.6 Å². The lowest BCUT2D eigenvalue weighted by Crippen LogP contribution is -2.33. The third-order valence-electron chi connectivity index (χ3n) is 4.76. The van der Waals surface area contributed by atoms with E-state index in [1.54, 1.807) is 37.4 Å². The molecule has 154 valence electrons. The average molecular weight is 410 g/mol. The molecular weight excluding hydrogens is 388 g/mol. The predicted molar refractivity (Wildman–Crippen MR) is 122 cm³/mol. The zero-order chi connectivity index (χ0) is 22.2. The molecule has 2 aromatic carbocycles. The summed E-state index contributed by atoms with van der Waals surface area (Å²) < 4.78 is 2.00. The Balaban J connectivity index is 1.66. The van der Waals surface area contributed by atoms with E-state index >= 15 is 0 Å². The minimum atomic E-state index is -0.313. The minimum Gasteiger partial charge on any atom is -0.346 e. The second-order valence-corrected chi connectivity index (χ2v) is 7.00. The first-order chi connectivity index (χ1) is 15.0. The van der Waals surface area contributed by atoms with E-state index in [4.69, 9.17) is 11.7 Å². The molecule has 0 aliphatic heterocycles. The molecule has 0 fully saturated rings. The second-order valence-electron chi connectivity index (χ2n) is 7.00. The summed E-state index contributed by atoms with van der Waals surface area (Å²) in [6.07, 6.45) is 10.9. The Morgan fingerprint density at radius 1 is 1.23 bits per heavy atom. The van der Waals surface area contributed by atoms with Crippen LogP contribution < -0.4 is 5.32 Å². The standard InChI is InChI=1S/C25H22N4O2/c1-3-19-8-6-9-21(16-19)27-24(30)18-28(2)25(31)13-12-20-17-29(15-7-14-26)23-11-5-4-10-22(20)23/h1,4-6,8-13,16-17H,7,15,18H2,2H3,(H,27,30)/b13-12+. The van der Waals surface area contributed by atoms with Crippen molar-refractivity contribution >= 4 is 34.5 Å². The summed E-state index contributed by atoms with van der Waals surface area (Å²) in [4.78, 5) is 26.1. The van der Waals surface area contributed by atoms with E-state index < -0.39 is 0 Å². The van der Waals surface area contributed by atoms with Crippen molar-refractivity contribution in [3.63, 3.8) is 0 Å². The summed E-state index contributed by atoms with van der Waals surface area (Å²) in [5, 5.41) is 12.6. The first kappa shape index (κ1) is 21.4. The molecule has 0 saturated carbocycles. The molecule has 2 amide bonds. The van der Waals surface area contributed by atoms with Crippen LogP contribution >= 0.6 is 0 Å². The van der Waals surface area contributed by atoms with E-state index in [1.807, 2.05) is 35.0 Å². The number of carbonyl (C=O) groups is 2. The van der Waals surface area contributed by atoms with Crippen LogP contribution in [0.15, 0.2) is 60.8 Å². The molecule has 1 heterocycles. The maximum absolute atomic E-state index is 12.5. The Labute approximate surface area is 181 Å². The van der Waals surface area contributed by atoms with Gasteiger partial charge in [0.2, 0.25) is 11.8 Å². The fourth-order valence-electron chi connectivity index (χ4n) is 3.23. The molecule has 0 aliphatic rings. The molecule has 6 heteroatoms. The van der Waals surface area contributed by atoms with Gasteiger partial charge in [-0.1, -0.05) is 30.2 Å². The maximum Gasteiger partial charge on any atom is 0.246 e. The number of anilines is 1. The third kappa shape index (κ3) is 5.41. The van der Waals surface area contributed by atoms with Gasteiger partial charge in [-0.05, 0) is 30.3 Å². The molecule has 0 saturated heterocycles. The quantitative estimate of drug-likeness (QED) is 0.477. The number of fused-ring (bicyclic) bond motifs is 1. The summed E-state index contributed by atoms with van der Waals surface area (Å²) in [6.45, 7) is 0.493. The van der Waals surface area contributed by atoms with Crippen LogP contribution in [0, 0.1) is 23.7 Å². The first-order valence-corrected chi connectivity index (χ1v) is 9.76. The van der Waals surface area contributed by atoms with Crippen molar-refractivity contribution in [2.24, 2.45) is 0 Å². The number of hydrogen-bond donors (Lipinski definition) is 1. The molecule has 1 aromatic heterocycles. The topological polar surface area (TPSA) is 78.1 Å². The molecule has 0 radical (unpaired) electrons. The Morgan fingerprint density at radius 2 is 2.03 bits per heavy atom. The monoisotopic (exact) mass is 410 g/mol. The SMILES string of the molecule is C#Cc1cccc(NC(=O)CN(C)C(=O)/C=C/c2cn(CCC#N)c3ccccc23)c1. The molecule has 0 spiro atoms. The van der Waals surface area contributed by atoms with E-state index in [-0.39, 0.29) is 18.4 Å². The Morgan fingerprint density at radius 3 is 2.81 bits per heavy atom. The van der Waals surface area contributed by atoms with Gasteiger partial charge in [-0.15, -0.1) is 6.42 Å². The summed E-state index contributed by atoms with van der Waals surface area (Å²) in [5.41, 5.74) is 3.14. The van der Waals surface area contributed by atoms with Crippen molar-refractivity contribution in [3.8, 4) is 18.4 Å². The fourth-order valence-corrected chi connectivity index (χ4v) is 3.23. The third-order valence-corrected chi connectivity index (χ3v) is 4.76. The largest absolute Gasteiger partial charge is 0.346 e. The highest BCUT2D eigenvalue weighted by Crippen LogP contribution is 2.23. The Hall–Kier alpha value is -4.29. The number of amides is 2. The van der Waals surface area contributed by atoms with Crippen LogP contribution in [0.3, 0.4) is 0 Å². The van der Waals surface area contributed by atoms with E-state index in [2.05, 4.69) is 17.3 Å². The zero-order valence-electron chi connectivity index (χ0n) is 17.2. The van der Waals surface area contributed by atoms with Gasteiger partial charge in [0.25, 0.3) is 0 Å². The van der Waals surface area contributed by atoms with E-state index in [0.29, 0.717) is 24.2 Å². The molecule has 0 unspecified atom stereocenters. The number of nitriles is 1. The van der Waals surface area contributed by atoms with Crippen LogP contribution in [-0.2, 0) is 16.1 Å². The summed E-state index contributed by atoms with van der Waals surface area (Å²) in [6, 6.07) is 16.9. The van der Waals surface area contributed by atoms with Crippen molar-refractivity contribution in [2.45, 2.75) is 13.0 Å². The first-order valence-electron chi connectivity index (χ1n) is 9.76. The van der Waals surface area contributed by atoms with Gasteiger partial charge in [0.05, 0.1) is 19.0 Å². The van der Waals surface area contributed by atoms with Gasteiger partial charge in [-0.25, -0.2) is 0 Å². The summed E-state index contributed by atoms with van der Waals surface area (Å²) in [5.74, 6) is 1.91. The zero-order valence-corrected chi connectivity index (χ0v) is 17.2. The van der Waals surface area contributed by atoms with Gasteiger partial charge < -0.3 is 14.8 Å². The van der Waals surface area contributed by atoms with Crippen LogP contribution in [-0.4, -0.2) is 34.9 Å². The number of para-hydroxylation sites is 1. The average Bonchev–Trinajstić information content (AvgIpc) is 3.13. The second kappa shape index (κ2) is 9.96. The number of aromatic nitrogens is 1. The van der Waals surface area contributed by atoms with Crippen molar-refractivity contribution in [1.29, 1.82) is 5.26 Å². The number of benzene rings is 2. The number of carbonyl (C=O) groups excluding carboxylic acids is 2. The highest BCUT2D eigenvalue weighted by atomic mass is 16.2. The fraction of sp³-hybridized carbons (Fsp3) is 0.160. The Bertz CT molecular complexity index is 1220. The smallest absolute Gasteiger partial charge is 0.246 e. The van der Waals surface area contributed by atoms with Gasteiger partial charge in [0.1, 0.15) is 0 Å². The van der Waals surface area contributed by atoms with Gasteiger partial charge >= 0.3 is 0 Å². The Kier molecular flexibility index (Phi) is 6.88. The lowest BCUT2D eigenvalue weighted by Gasteiger charge is -2.15. The van der Waals surface area contributed by atoms with Gasteiger partial charge in [-0.3, -0.25) is 9.59 Å². The molecule has 1 N–H and O–H groups in total. The summed E-state index contributed by atoms with van der Waals surface area (Å²) >= 11 is 0. The number of hydrogen-bond acceptors (Lipinski definition) is 3. The van der Waals surface area contributed by atoms with E-state index in [9.17, 15) is 9.59 Å². The van der Waals surface area contributed by atoms with Crippen molar-refractivity contribution in [2.75, 3.05) is 18.9 Å². The van der Waals surface area contributed by atoms with Crippen LogP contribution in [0.4, 0.5) is 5.69 Å². The highest BCUT2D eigenvalue weighted by Gasteiger charge is 2.12. The number of likely N-dealkylation sites (N-methyl/N-ethyl adjacent to an activating group) is 1. The van der Waals surface area contributed by atoms with Crippen molar-refractivity contribution in [3.05, 3.63) is 71.9 Å². The normalized spacial score (nSPS) is 10.5. The molecule has 0 atom stereocenters. The summed E-state index contributed by atoms with van der Waals surface area (Å²) in [7, 11) is 1.57. The predicted octanol–water partition coefficient (Wildman–Crippen LogP) is 3.65. The van der Waals surface area contributed by atoms with Crippen LogP contribution in [0.1, 0.15) is 17.5 Å². The van der Waals surface area contributed by atoms with Crippen LogP contribution in [0.2, 0.25) is 0 Å². The molecule has 6 nitrogen and oxygen atoms in total. The number of aryl methyl sites for hydroxylation is 1. The molecule has 31 heavy (non-hydrogen) atoms. The van der Waals surface area contributed by atoms with E-state index in [0.717, 1.165) is 16.5 Å². The lowest BCUT2D eigenvalue weighted by molar-refractivity contribution is -0.129. The molecule has 3 rings (SSSR count). The number of terminal acetylenes is 1. The van der Waals surface area contributed by atoms with Crippen LogP contribution in [0.5, 0.6) is 0 Å². The van der Waals surface area contributed by atoms with Gasteiger partial charge in [0.15, 0.2) is 0 Å². The molecular formula is C25H22N4O2. The van der Waals surface area contributed by atoms with Crippen molar-refractivity contribution < 1.29 is 9.59 Å². The van der Waals surface area contributed by atoms with Crippen LogP contribution in [0.25, 0.3) is 17.0 Å². The lowest BCUT2D eigenvalue weighted by atomic mass is 10.1. The minimum absolute atomic E-state index is 0.0899. The van der Waals surface area contributed by atoms with E-state index in [1.165, 1.54) is 11.0 Å². The van der Waals surface area contributed by atoms with Gasteiger partial charge in [-0.2, -0.15) is 5.26 Å². The molecule has 0 bridgehead atoms. The number of nitrogens with zero attached hydrogens (tertiary/aromatic N) is 3. The number of rotatable bonds is 7. The highest BCUT2D eigenvalue weighted by molar-refractivity contribution is 5.99. The van der Waals surface area contributed by atoms with Crippen molar-refractivity contribution in [1.82, 2.24) is 9.47 Å². The molecule has 0 aliphatic carbocycles. The maximum atomic E-state index is 12.5.